The van der Waals surface area contributed by atoms with Gasteiger partial charge in [0.2, 0.25) is 21.8 Å². The lowest BCUT2D eigenvalue weighted by molar-refractivity contribution is -0.141. The molecule has 0 spiro atoms. The van der Waals surface area contributed by atoms with Crippen LogP contribution in [0.2, 0.25) is 0 Å². The number of hydrogen-bond acceptors (Lipinski definition) is 5. The molecule has 0 aliphatic rings. The number of likely N-dealkylation sites (N-methyl/N-ethyl adjacent to an activating group) is 1. The highest BCUT2D eigenvalue weighted by Gasteiger charge is 2.28. The van der Waals surface area contributed by atoms with Gasteiger partial charge in [-0.05, 0) is 44.4 Å². The first-order valence-corrected chi connectivity index (χ1v) is 13.9. The number of carbonyl (C=O) groups is 2. The average molecular weight is 504 g/mol. The molecule has 0 bridgehead atoms. The lowest BCUT2D eigenvalue weighted by atomic mass is 10.1. The average Bonchev–Trinajstić information content (AvgIpc) is 2.82. The molecule has 2 aromatic carbocycles. The van der Waals surface area contributed by atoms with Gasteiger partial charge in [0.05, 0.1) is 18.6 Å². The van der Waals surface area contributed by atoms with E-state index in [-0.39, 0.29) is 24.8 Å². The normalized spacial score (nSPS) is 12.0. The van der Waals surface area contributed by atoms with Crippen molar-refractivity contribution in [1.82, 2.24) is 10.2 Å². The number of nitrogens with one attached hydrogen (secondary N) is 1. The Bertz CT molecular complexity index is 1060. The zero-order chi connectivity index (χ0) is 25.8. The van der Waals surface area contributed by atoms with E-state index in [0.717, 1.165) is 11.8 Å². The summed E-state index contributed by atoms with van der Waals surface area (Å²) in [7, 11) is -3.60. The summed E-state index contributed by atoms with van der Waals surface area (Å²) in [5.41, 5.74) is 1.37. The third kappa shape index (κ3) is 8.28. The number of ether oxygens (including phenoxy) is 1. The molecule has 2 rings (SSSR count). The van der Waals surface area contributed by atoms with E-state index in [1.54, 1.807) is 29.2 Å². The summed E-state index contributed by atoms with van der Waals surface area (Å²) < 4.78 is 32.0. The van der Waals surface area contributed by atoms with Gasteiger partial charge in [-0.25, -0.2) is 8.42 Å². The Morgan fingerprint density at radius 3 is 2.26 bits per heavy atom. The number of anilines is 1. The summed E-state index contributed by atoms with van der Waals surface area (Å²) in [5, 5.41) is 2.82. The molecule has 2 amide bonds. The molecule has 0 fully saturated rings. The van der Waals surface area contributed by atoms with Gasteiger partial charge in [0.1, 0.15) is 11.8 Å². The van der Waals surface area contributed by atoms with Gasteiger partial charge in [0.15, 0.2) is 0 Å². The second kappa shape index (κ2) is 13.7. The summed E-state index contributed by atoms with van der Waals surface area (Å²) in [5.74, 6) is 0.0842. The molecule has 0 saturated heterocycles. The quantitative estimate of drug-likeness (QED) is 0.425. The Hall–Kier alpha value is -3.07. The molecule has 0 heterocycles. The topological polar surface area (TPSA) is 96.0 Å². The van der Waals surface area contributed by atoms with Crippen molar-refractivity contribution in [3.63, 3.8) is 0 Å². The highest BCUT2D eigenvalue weighted by Crippen LogP contribution is 2.30. The van der Waals surface area contributed by atoms with Crippen molar-refractivity contribution in [2.24, 2.45) is 0 Å². The highest BCUT2D eigenvalue weighted by molar-refractivity contribution is 7.92. The van der Waals surface area contributed by atoms with Crippen molar-refractivity contribution >= 4 is 27.5 Å². The van der Waals surface area contributed by atoms with Crippen LogP contribution in [-0.4, -0.2) is 57.1 Å². The molecule has 1 N–H and O–H groups in total. The maximum Gasteiger partial charge on any atom is 0.242 e. The Morgan fingerprint density at radius 2 is 1.66 bits per heavy atom. The Morgan fingerprint density at radius 1 is 1.00 bits per heavy atom. The molecule has 0 aromatic heterocycles. The van der Waals surface area contributed by atoms with Crippen LogP contribution in [0.5, 0.6) is 5.75 Å². The van der Waals surface area contributed by atoms with Crippen molar-refractivity contribution in [1.29, 1.82) is 0 Å². The lowest BCUT2D eigenvalue weighted by Crippen LogP contribution is -2.49. The maximum absolute atomic E-state index is 13.3. The monoisotopic (exact) mass is 503 g/mol. The first-order chi connectivity index (χ1) is 16.7. The summed E-state index contributed by atoms with van der Waals surface area (Å²) in [6.45, 7) is 6.85. The molecule has 0 unspecified atom stereocenters. The minimum absolute atomic E-state index is 0.103. The molecule has 0 aliphatic heterocycles. The summed E-state index contributed by atoms with van der Waals surface area (Å²) in [6, 6.07) is 15.9. The number of nitrogens with zero attached hydrogens (tertiary/aromatic N) is 2. The van der Waals surface area contributed by atoms with Gasteiger partial charge < -0.3 is 15.0 Å². The van der Waals surface area contributed by atoms with Gasteiger partial charge in [-0.3, -0.25) is 13.9 Å². The predicted molar refractivity (Wildman–Crippen MR) is 139 cm³/mol. The fourth-order valence-electron chi connectivity index (χ4n) is 3.91. The smallest absolute Gasteiger partial charge is 0.242 e. The molecule has 192 valence electrons. The van der Waals surface area contributed by atoms with Crippen LogP contribution in [-0.2, 0) is 26.2 Å². The zero-order valence-corrected chi connectivity index (χ0v) is 21.9. The molecular weight excluding hydrogens is 466 g/mol. The molecule has 2 aromatic rings. The van der Waals surface area contributed by atoms with E-state index in [9.17, 15) is 18.0 Å². The van der Waals surface area contributed by atoms with Gasteiger partial charge in [-0.15, -0.1) is 0 Å². The van der Waals surface area contributed by atoms with E-state index in [2.05, 4.69) is 5.32 Å². The molecular formula is C26H37N3O5S. The molecule has 0 saturated carbocycles. The third-order valence-corrected chi connectivity index (χ3v) is 6.70. The van der Waals surface area contributed by atoms with Crippen LogP contribution < -0.4 is 14.4 Å². The summed E-state index contributed by atoms with van der Waals surface area (Å²) in [4.78, 5) is 27.6. The second-order valence-corrected chi connectivity index (χ2v) is 10.1. The van der Waals surface area contributed by atoms with Crippen molar-refractivity contribution in [2.45, 2.75) is 52.6 Å². The van der Waals surface area contributed by atoms with Crippen molar-refractivity contribution in [3.8, 4) is 5.75 Å². The fraction of sp³-hybridized carbons (Fsp3) is 0.462. The predicted octanol–water partition coefficient (Wildman–Crippen LogP) is 3.58. The number of sulfonamides is 1. The van der Waals surface area contributed by atoms with Crippen LogP contribution in [0.15, 0.2) is 54.6 Å². The standard InChI is InChI=1S/C26H37N3O5S/c1-5-22(26(31)27-6-2)28(20-21-14-9-8-10-15-21)25(30)18-13-19-29(35(4,32)33)23-16-11-12-17-24(23)34-7-3/h8-12,14-17,22H,5-7,13,18-20H2,1-4H3,(H,27,31)/t22-/m0/s1. The maximum atomic E-state index is 13.3. The minimum Gasteiger partial charge on any atom is -0.492 e. The van der Waals surface area contributed by atoms with Crippen LogP contribution in [0, 0.1) is 0 Å². The number of para-hydroxylation sites is 2. The molecule has 8 nitrogen and oxygen atoms in total. The molecule has 35 heavy (non-hydrogen) atoms. The van der Waals surface area contributed by atoms with Crippen molar-refractivity contribution in [2.75, 3.05) is 30.3 Å². The molecule has 9 heteroatoms. The van der Waals surface area contributed by atoms with Gasteiger partial charge in [0.25, 0.3) is 0 Å². The van der Waals surface area contributed by atoms with Crippen LogP contribution in [0.1, 0.15) is 45.6 Å². The van der Waals surface area contributed by atoms with Crippen LogP contribution in [0.25, 0.3) is 0 Å². The van der Waals surface area contributed by atoms with Crippen LogP contribution in [0.4, 0.5) is 5.69 Å². The summed E-state index contributed by atoms with van der Waals surface area (Å²) >= 11 is 0. The van der Waals surface area contributed by atoms with E-state index in [4.69, 9.17) is 4.74 Å². The second-order valence-electron chi connectivity index (χ2n) is 8.17. The SMILES string of the molecule is CCNC(=O)[C@H](CC)N(Cc1ccccc1)C(=O)CCCN(c1ccccc1OCC)S(C)(=O)=O. The largest absolute Gasteiger partial charge is 0.492 e. The highest BCUT2D eigenvalue weighted by atomic mass is 32.2. The first kappa shape index (κ1) is 28.2. The molecule has 0 radical (unpaired) electrons. The number of carbonyl (C=O) groups excluding carboxylic acids is 2. The number of hydrogen-bond donors (Lipinski definition) is 1. The number of benzene rings is 2. The van der Waals surface area contributed by atoms with Gasteiger partial charge in [0, 0.05) is 26.1 Å². The zero-order valence-electron chi connectivity index (χ0n) is 21.1. The van der Waals surface area contributed by atoms with E-state index in [0.29, 0.717) is 44.0 Å². The number of amides is 2. The summed E-state index contributed by atoms with van der Waals surface area (Å²) in [6.07, 6.45) is 2.01. The minimum atomic E-state index is -3.60. The lowest BCUT2D eigenvalue weighted by Gasteiger charge is -2.31. The Balaban J connectivity index is 2.21. The first-order valence-electron chi connectivity index (χ1n) is 12.0. The molecule has 0 aliphatic carbocycles. The van der Waals surface area contributed by atoms with E-state index >= 15 is 0 Å². The van der Waals surface area contributed by atoms with Gasteiger partial charge >= 0.3 is 0 Å². The van der Waals surface area contributed by atoms with E-state index in [1.807, 2.05) is 51.1 Å². The fourth-order valence-corrected chi connectivity index (χ4v) is 4.88. The Labute approximate surface area is 209 Å². The number of rotatable bonds is 14. The van der Waals surface area contributed by atoms with Crippen molar-refractivity contribution < 1.29 is 22.7 Å². The van der Waals surface area contributed by atoms with Crippen molar-refractivity contribution in [3.05, 3.63) is 60.2 Å². The Kier molecular flexibility index (Phi) is 11.0. The van der Waals surface area contributed by atoms with Crippen LogP contribution in [0.3, 0.4) is 0 Å². The van der Waals surface area contributed by atoms with E-state index in [1.165, 1.54) is 4.31 Å². The van der Waals surface area contributed by atoms with Crippen LogP contribution >= 0.6 is 0 Å². The van der Waals surface area contributed by atoms with Gasteiger partial charge in [-0.1, -0.05) is 49.4 Å². The van der Waals surface area contributed by atoms with E-state index < -0.39 is 16.1 Å². The van der Waals surface area contributed by atoms with Gasteiger partial charge in [-0.2, -0.15) is 0 Å². The molecule has 1 atom stereocenters. The third-order valence-electron chi connectivity index (χ3n) is 5.52.